The summed E-state index contributed by atoms with van der Waals surface area (Å²) in [4.78, 5) is 15.3. The molecule has 1 aliphatic heterocycles. The average molecular weight is 354 g/mol. The van der Waals surface area contributed by atoms with E-state index in [4.69, 9.17) is 9.84 Å². The molecule has 5 heteroatoms. The molecule has 1 heterocycles. The summed E-state index contributed by atoms with van der Waals surface area (Å²) >= 11 is 0. The maximum absolute atomic E-state index is 10.5. The monoisotopic (exact) mass is 354 g/mol. The Morgan fingerprint density at radius 1 is 1.19 bits per heavy atom. The van der Waals surface area contributed by atoms with E-state index in [2.05, 4.69) is 47.2 Å². The number of carboxylic acid groups (broad SMARTS) is 1. The molecular weight excluding hydrogens is 328 g/mol. The van der Waals surface area contributed by atoms with Gasteiger partial charge in [-0.1, -0.05) is 30.3 Å². The summed E-state index contributed by atoms with van der Waals surface area (Å²) in [6.45, 7) is 3.87. The number of benzene rings is 2. The molecule has 1 fully saturated rings. The average Bonchev–Trinajstić information content (AvgIpc) is 3.10. The fraction of sp³-hybridized carbons (Fsp3) is 0.381. The van der Waals surface area contributed by atoms with Crippen LogP contribution in [0.25, 0.3) is 0 Å². The highest BCUT2D eigenvalue weighted by Gasteiger charge is 2.23. The van der Waals surface area contributed by atoms with Crippen molar-refractivity contribution in [1.29, 1.82) is 0 Å². The minimum absolute atomic E-state index is 0.307. The minimum Gasteiger partial charge on any atom is -0.482 e. The second kappa shape index (κ2) is 8.72. The molecule has 138 valence electrons. The number of aliphatic carboxylic acids is 1. The quantitative estimate of drug-likeness (QED) is 0.789. The van der Waals surface area contributed by atoms with E-state index in [1.807, 2.05) is 24.3 Å². The van der Waals surface area contributed by atoms with Crippen LogP contribution in [0.15, 0.2) is 54.6 Å². The largest absolute Gasteiger partial charge is 0.482 e. The van der Waals surface area contributed by atoms with Crippen molar-refractivity contribution in [2.75, 3.05) is 38.2 Å². The Labute approximate surface area is 154 Å². The summed E-state index contributed by atoms with van der Waals surface area (Å²) in [6.07, 6.45) is 1.22. The van der Waals surface area contributed by atoms with Crippen LogP contribution in [-0.2, 0) is 11.3 Å². The van der Waals surface area contributed by atoms with Crippen molar-refractivity contribution in [2.24, 2.45) is 5.92 Å². The molecule has 3 rings (SSSR count). The first kappa shape index (κ1) is 18.3. The Balaban J connectivity index is 1.45. The number of anilines is 1. The second-order valence-corrected chi connectivity index (χ2v) is 6.96. The van der Waals surface area contributed by atoms with Gasteiger partial charge in [0.15, 0.2) is 6.61 Å². The minimum atomic E-state index is -0.963. The lowest BCUT2D eigenvalue weighted by Gasteiger charge is -2.22. The molecule has 5 nitrogen and oxygen atoms in total. The summed E-state index contributed by atoms with van der Waals surface area (Å²) in [7, 11) is 2.15. The van der Waals surface area contributed by atoms with Crippen LogP contribution in [0.5, 0.6) is 5.75 Å². The zero-order valence-corrected chi connectivity index (χ0v) is 15.2. The first-order chi connectivity index (χ1) is 12.6. The smallest absolute Gasteiger partial charge is 0.341 e. The van der Waals surface area contributed by atoms with Crippen molar-refractivity contribution in [3.63, 3.8) is 0 Å². The van der Waals surface area contributed by atoms with Gasteiger partial charge in [0.2, 0.25) is 0 Å². The second-order valence-electron chi connectivity index (χ2n) is 6.96. The van der Waals surface area contributed by atoms with Crippen LogP contribution < -0.4 is 9.64 Å². The first-order valence-corrected chi connectivity index (χ1v) is 9.02. The lowest BCUT2D eigenvalue weighted by Crippen LogP contribution is -2.28. The summed E-state index contributed by atoms with van der Waals surface area (Å²) in [6, 6.07) is 18.3. The highest BCUT2D eigenvalue weighted by Crippen LogP contribution is 2.24. The summed E-state index contributed by atoms with van der Waals surface area (Å²) in [5.41, 5.74) is 2.52. The molecule has 26 heavy (non-hydrogen) atoms. The maximum atomic E-state index is 10.5. The molecule has 0 spiro atoms. The van der Waals surface area contributed by atoms with Crippen molar-refractivity contribution in [3.8, 4) is 5.75 Å². The third-order valence-corrected chi connectivity index (χ3v) is 4.72. The fourth-order valence-corrected chi connectivity index (χ4v) is 3.51. The summed E-state index contributed by atoms with van der Waals surface area (Å²) < 4.78 is 5.17. The first-order valence-electron chi connectivity index (χ1n) is 9.02. The topological polar surface area (TPSA) is 53.0 Å². The molecule has 1 saturated heterocycles. The predicted molar refractivity (Wildman–Crippen MR) is 103 cm³/mol. The fourth-order valence-electron chi connectivity index (χ4n) is 3.51. The van der Waals surface area contributed by atoms with E-state index in [-0.39, 0.29) is 6.61 Å². The van der Waals surface area contributed by atoms with Gasteiger partial charge in [-0.25, -0.2) is 4.79 Å². The Morgan fingerprint density at radius 2 is 1.92 bits per heavy atom. The van der Waals surface area contributed by atoms with E-state index in [1.54, 1.807) is 0 Å². The van der Waals surface area contributed by atoms with Gasteiger partial charge in [0.05, 0.1) is 0 Å². The van der Waals surface area contributed by atoms with Gasteiger partial charge in [-0.05, 0) is 49.2 Å². The molecule has 0 radical (unpaired) electrons. The van der Waals surface area contributed by atoms with Crippen LogP contribution in [0.2, 0.25) is 0 Å². The highest BCUT2D eigenvalue weighted by atomic mass is 16.5. The zero-order chi connectivity index (χ0) is 18.4. The number of carboxylic acids is 1. The number of hydrogen-bond acceptors (Lipinski definition) is 4. The SMILES string of the molecule is CN(Cc1ccc(OCC(=O)O)cc1)CC1CCN(c2ccccc2)C1. The van der Waals surface area contributed by atoms with E-state index in [0.717, 1.165) is 26.2 Å². The molecule has 2 aromatic carbocycles. The Morgan fingerprint density at radius 3 is 2.62 bits per heavy atom. The van der Waals surface area contributed by atoms with Crippen molar-refractivity contribution >= 4 is 11.7 Å². The van der Waals surface area contributed by atoms with Gasteiger partial charge < -0.3 is 19.6 Å². The van der Waals surface area contributed by atoms with Crippen molar-refractivity contribution in [1.82, 2.24) is 4.90 Å². The van der Waals surface area contributed by atoms with Gasteiger partial charge in [0, 0.05) is 31.9 Å². The zero-order valence-electron chi connectivity index (χ0n) is 15.2. The van der Waals surface area contributed by atoms with E-state index >= 15 is 0 Å². The molecule has 0 bridgehead atoms. The molecule has 1 N–H and O–H groups in total. The third kappa shape index (κ3) is 5.23. The Kier molecular flexibility index (Phi) is 6.12. The molecule has 0 aromatic heterocycles. The number of hydrogen-bond donors (Lipinski definition) is 1. The van der Waals surface area contributed by atoms with E-state index in [1.165, 1.54) is 17.7 Å². The Hall–Kier alpha value is -2.53. The molecule has 1 aliphatic rings. The van der Waals surface area contributed by atoms with E-state index < -0.39 is 5.97 Å². The summed E-state index contributed by atoms with van der Waals surface area (Å²) in [5, 5.41) is 8.64. The maximum Gasteiger partial charge on any atom is 0.341 e. The van der Waals surface area contributed by atoms with Crippen LogP contribution in [0.3, 0.4) is 0 Å². The number of ether oxygens (including phenoxy) is 1. The molecule has 0 amide bonds. The molecule has 1 atom stereocenters. The number of para-hydroxylation sites is 1. The molecule has 0 saturated carbocycles. The van der Waals surface area contributed by atoms with E-state index in [9.17, 15) is 4.79 Å². The van der Waals surface area contributed by atoms with Crippen LogP contribution >= 0.6 is 0 Å². The molecular formula is C21H26N2O3. The van der Waals surface area contributed by atoms with Gasteiger partial charge in [-0.15, -0.1) is 0 Å². The van der Waals surface area contributed by atoms with Crippen molar-refractivity contribution in [2.45, 2.75) is 13.0 Å². The van der Waals surface area contributed by atoms with E-state index in [0.29, 0.717) is 11.7 Å². The standard InChI is InChI=1S/C21H26N2O3/c1-22(13-17-7-9-20(10-8-17)26-16-21(24)25)14-18-11-12-23(15-18)19-5-3-2-4-6-19/h2-10,18H,11-16H2,1H3,(H,24,25). The number of rotatable bonds is 8. The highest BCUT2D eigenvalue weighted by molar-refractivity contribution is 5.68. The number of nitrogens with zero attached hydrogens (tertiary/aromatic N) is 2. The van der Waals surface area contributed by atoms with Crippen LogP contribution in [0, 0.1) is 5.92 Å². The van der Waals surface area contributed by atoms with Crippen LogP contribution in [0.1, 0.15) is 12.0 Å². The lowest BCUT2D eigenvalue weighted by molar-refractivity contribution is -0.139. The van der Waals surface area contributed by atoms with Crippen molar-refractivity contribution in [3.05, 3.63) is 60.2 Å². The predicted octanol–water partition coefficient (Wildman–Crippen LogP) is 3.11. The third-order valence-electron chi connectivity index (χ3n) is 4.72. The lowest BCUT2D eigenvalue weighted by atomic mass is 10.1. The number of carbonyl (C=O) groups is 1. The van der Waals surface area contributed by atoms with Crippen LogP contribution in [0.4, 0.5) is 5.69 Å². The summed E-state index contributed by atoms with van der Waals surface area (Å²) in [5.74, 6) is 0.307. The van der Waals surface area contributed by atoms with Gasteiger partial charge in [-0.2, -0.15) is 0 Å². The van der Waals surface area contributed by atoms with Gasteiger partial charge in [0.1, 0.15) is 5.75 Å². The normalized spacial score (nSPS) is 16.8. The van der Waals surface area contributed by atoms with Gasteiger partial charge in [0.25, 0.3) is 0 Å². The molecule has 1 unspecified atom stereocenters. The molecule has 0 aliphatic carbocycles. The van der Waals surface area contributed by atoms with Gasteiger partial charge in [-0.3, -0.25) is 0 Å². The van der Waals surface area contributed by atoms with Crippen LogP contribution in [-0.4, -0.2) is 49.3 Å². The Bertz CT molecular complexity index is 703. The van der Waals surface area contributed by atoms with Gasteiger partial charge >= 0.3 is 5.97 Å². The van der Waals surface area contributed by atoms with Crippen molar-refractivity contribution < 1.29 is 14.6 Å². The molecule has 2 aromatic rings.